The van der Waals surface area contributed by atoms with Crippen molar-refractivity contribution >= 4 is 19.7 Å². The number of likely N-dealkylation sites (N-methyl/N-ethyl adjacent to an activating group) is 1. The third-order valence-electron chi connectivity index (χ3n) is 13.0. The van der Waals surface area contributed by atoms with Gasteiger partial charge in [-0.05, 0) is 31.8 Å². The zero-order chi connectivity index (χ0) is 48.7. The van der Waals surface area contributed by atoms with Crippen molar-refractivity contribution in [2.75, 3.05) is 40.9 Å². The van der Waals surface area contributed by atoms with Crippen molar-refractivity contribution in [1.29, 1.82) is 0 Å². The molecule has 0 saturated heterocycles. The highest BCUT2D eigenvalue weighted by atomic mass is 31.2. The Labute approximate surface area is 410 Å². The molecular formula is C56H111N2O7P. The standard InChI is InChI=1S/C56H111N2O7P/c1-7-10-13-16-19-22-25-28-29-31-33-36-39-42-45-48-55(59)57-53(52-64-66(61,62)63-51-50-58(4,5)6)54(47-44-41-38-35-32-27-24-21-18-15-12-9-3)65-56(60)49-46-43-40-37-34-30-26-23-20-17-14-11-8-2/h44,47,53-54H,7-43,45-46,48-52H2,1-6H3,(H-,57,59,61,62)/b47-44+. The van der Waals surface area contributed by atoms with E-state index in [1.165, 1.54) is 193 Å². The van der Waals surface area contributed by atoms with Crippen molar-refractivity contribution in [1.82, 2.24) is 5.32 Å². The van der Waals surface area contributed by atoms with Crippen molar-refractivity contribution in [2.45, 2.75) is 296 Å². The predicted molar refractivity (Wildman–Crippen MR) is 280 cm³/mol. The van der Waals surface area contributed by atoms with Crippen molar-refractivity contribution in [2.24, 2.45) is 0 Å². The van der Waals surface area contributed by atoms with Crippen LogP contribution in [0, 0.1) is 0 Å². The summed E-state index contributed by atoms with van der Waals surface area (Å²) in [6.07, 6.45) is 51.6. The van der Waals surface area contributed by atoms with E-state index in [1.54, 1.807) is 0 Å². The fourth-order valence-corrected chi connectivity index (χ4v) is 9.25. The van der Waals surface area contributed by atoms with Crippen LogP contribution in [0.2, 0.25) is 0 Å². The van der Waals surface area contributed by atoms with Gasteiger partial charge in [-0.25, -0.2) is 0 Å². The van der Waals surface area contributed by atoms with Crippen LogP contribution in [-0.4, -0.2) is 69.4 Å². The molecular weight excluding hydrogens is 844 g/mol. The number of nitrogens with one attached hydrogen (secondary N) is 1. The number of amides is 1. The highest BCUT2D eigenvalue weighted by Gasteiger charge is 2.27. The van der Waals surface area contributed by atoms with Gasteiger partial charge in [-0.1, -0.05) is 252 Å². The molecule has 0 aromatic heterocycles. The number of quaternary nitrogens is 1. The molecule has 10 heteroatoms. The number of hydrogen-bond acceptors (Lipinski definition) is 7. The van der Waals surface area contributed by atoms with Crippen LogP contribution in [0.3, 0.4) is 0 Å². The monoisotopic (exact) mass is 955 g/mol. The normalized spacial score (nSPS) is 13.9. The minimum Gasteiger partial charge on any atom is -0.756 e. The van der Waals surface area contributed by atoms with Crippen LogP contribution >= 0.6 is 7.82 Å². The predicted octanol–water partition coefficient (Wildman–Crippen LogP) is 16.2. The maximum Gasteiger partial charge on any atom is 0.306 e. The van der Waals surface area contributed by atoms with Gasteiger partial charge in [0.15, 0.2) is 0 Å². The van der Waals surface area contributed by atoms with Gasteiger partial charge in [0.05, 0.1) is 33.8 Å². The van der Waals surface area contributed by atoms with Gasteiger partial charge in [0, 0.05) is 12.8 Å². The summed E-state index contributed by atoms with van der Waals surface area (Å²) in [5, 5.41) is 3.02. The Hall–Kier alpha value is -1.25. The lowest BCUT2D eigenvalue weighted by Gasteiger charge is -2.30. The van der Waals surface area contributed by atoms with E-state index in [0.717, 1.165) is 57.8 Å². The highest BCUT2D eigenvalue weighted by molar-refractivity contribution is 7.45. The average molecular weight is 955 g/mol. The van der Waals surface area contributed by atoms with Gasteiger partial charge in [0.25, 0.3) is 7.82 Å². The fraction of sp³-hybridized carbons (Fsp3) is 0.929. The van der Waals surface area contributed by atoms with Crippen molar-refractivity contribution in [3.05, 3.63) is 12.2 Å². The molecule has 9 nitrogen and oxygen atoms in total. The molecule has 0 aromatic carbocycles. The summed E-state index contributed by atoms with van der Waals surface area (Å²) >= 11 is 0. The zero-order valence-corrected chi connectivity index (χ0v) is 45.6. The molecule has 0 heterocycles. The Bertz CT molecular complexity index is 1150. The second kappa shape index (κ2) is 47.4. The molecule has 0 spiro atoms. The minimum absolute atomic E-state index is 0.0171. The van der Waals surface area contributed by atoms with Crippen molar-refractivity contribution in [3.8, 4) is 0 Å². The van der Waals surface area contributed by atoms with Gasteiger partial charge in [0.1, 0.15) is 19.3 Å². The first kappa shape index (κ1) is 64.8. The SMILES string of the molecule is CCCCCCCCCCCC/C=C/C(OC(=O)CCCCCCCCCCCCCCC)C(COP(=O)([O-])OCC[N+](C)(C)C)NC(=O)CCCCCCCCCCCCCCCCC. The summed E-state index contributed by atoms with van der Waals surface area (Å²) in [5.41, 5.74) is 0. The van der Waals surface area contributed by atoms with E-state index in [0.29, 0.717) is 17.4 Å². The summed E-state index contributed by atoms with van der Waals surface area (Å²) in [6, 6.07) is -0.877. The molecule has 3 atom stereocenters. The molecule has 0 rings (SSSR count). The molecule has 0 fully saturated rings. The smallest absolute Gasteiger partial charge is 0.306 e. The third kappa shape index (κ3) is 47.8. The zero-order valence-electron chi connectivity index (χ0n) is 44.7. The van der Waals surface area contributed by atoms with Crippen molar-refractivity contribution < 1.29 is 37.3 Å². The molecule has 0 aromatic rings. The van der Waals surface area contributed by atoms with Gasteiger partial charge in [0.2, 0.25) is 5.91 Å². The molecule has 0 aliphatic carbocycles. The average Bonchev–Trinajstić information content (AvgIpc) is 3.27. The number of carbonyl (C=O) groups excluding carboxylic acids is 2. The lowest BCUT2D eigenvalue weighted by molar-refractivity contribution is -0.870. The van der Waals surface area contributed by atoms with Crippen LogP contribution in [0.4, 0.5) is 0 Å². The molecule has 392 valence electrons. The Morgan fingerprint density at radius 3 is 1.24 bits per heavy atom. The van der Waals surface area contributed by atoms with Gasteiger partial charge >= 0.3 is 5.97 Å². The number of phosphoric ester groups is 1. The molecule has 0 aliphatic rings. The van der Waals surface area contributed by atoms with Crippen LogP contribution in [-0.2, 0) is 27.9 Å². The Morgan fingerprint density at radius 2 is 0.864 bits per heavy atom. The summed E-state index contributed by atoms with van der Waals surface area (Å²) in [6.45, 7) is 6.87. The number of ether oxygens (including phenoxy) is 1. The largest absolute Gasteiger partial charge is 0.756 e. The Kier molecular flexibility index (Phi) is 46.5. The van der Waals surface area contributed by atoms with Gasteiger partial charge < -0.3 is 28.5 Å². The summed E-state index contributed by atoms with van der Waals surface area (Å²) in [5.74, 6) is -0.525. The van der Waals surface area contributed by atoms with E-state index >= 15 is 0 Å². The molecule has 66 heavy (non-hydrogen) atoms. The van der Waals surface area contributed by atoms with Crippen LogP contribution < -0.4 is 10.2 Å². The van der Waals surface area contributed by atoms with E-state index in [2.05, 4.69) is 26.1 Å². The lowest BCUT2D eigenvalue weighted by Crippen LogP contribution is -2.47. The van der Waals surface area contributed by atoms with E-state index < -0.39 is 20.0 Å². The topological polar surface area (TPSA) is 114 Å². The van der Waals surface area contributed by atoms with E-state index in [4.69, 9.17) is 13.8 Å². The van der Waals surface area contributed by atoms with Gasteiger partial charge in [-0.15, -0.1) is 0 Å². The first-order valence-corrected chi connectivity index (χ1v) is 30.0. The molecule has 1 N–H and O–H groups in total. The highest BCUT2D eigenvalue weighted by Crippen LogP contribution is 2.38. The second-order valence-electron chi connectivity index (χ2n) is 20.8. The minimum atomic E-state index is -4.68. The number of esters is 1. The first-order chi connectivity index (χ1) is 31.9. The van der Waals surface area contributed by atoms with Crippen LogP contribution in [0.5, 0.6) is 0 Å². The van der Waals surface area contributed by atoms with Crippen molar-refractivity contribution in [3.63, 3.8) is 0 Å². The number of hydrogen-bond donors (Lipinski definition) is 1. The molecule has 0 aliphatic heterocycles. The van der Waals surface area contributed by atoms with Gasteiger partial charge in [-0.2, -0.15) is 0 Å². The number of allylic oxidation sites excluding steroid dienone is 1. The first-order valence-electron chi connectivity index (χ1n) is 28.5. The number of unbranched alkanes of at least 4 members (excludes halogenated alkanes) is 36. The molecule has 1 amide bonds. The quantitative estimate of drug-likeness (QED) is 0.0212. The number of carbonyl (C=O) groups is 2. The second-order valence-corrected chi connectivity index (χ2v) is 22.2. The summed E-state index contributed by atoms with van der Waals surface area (Å²) in [4.78, 5) is 39.8. The Morgan fingerprint density at radius 1 is 0.515 bits per heavy atom. The van der Waals surface area contributed by atoms with E-state index in [1.807, 2.05) is 33.3 Å². The van der Waals surface area contributed by atoms with Crippen LogP contribution in [0.1, 0.15) is 284 Å². The lowest BCUT2D eigenvalue weighted by atomic mass is 10.0. The molecule has 0 radical (unpaired) electrons. The van der Waals surface area contributed by atoms with E-state index in [9.17, 15) is 19.0 Å². The molecule has 0 bridgehead atoms. The Balaban J connectivity index is 5.32. The maximum atomic E-state index is 13.5. The van der Waals surface area contributed by atoms with Crippen LogP contribution in [0.25, 0.3) is 0 Å². The maximum absolute atomic E-state index is 13.5. The number of phosphoric acid groups is 1. The number of rotatable bonds is 52. The fourth-order valence-electron chi connectivity index (χ4n) is 8.52. The molecule has 3 unspecified atom stereocenters. The molecule has 0 saturated carbocycles. The van der Waals surface area contributed by atoms with E-state index in [-0.39, 0.29) is 31.5 Å². The number of nitrogens with zero attached hydrogens (tertiary/aromatic N) is 1. The summed E-state index contributed by atoms with van der Waals surface area (Å²) in [7, 11) is 1.20. The van der Waals surface area contributed by atoms with Crippen LogP contribution in [0.15, 0.2) is 12.2 Å². The summed E-state index contributed by atoms with van der Waals surface area (Å²) < 4.78 is 30.2. The third-order valence-corrected chi connectivity index (χ3v) is 13.9. The van der Waals surface area contributed by atoms with Gasteiger partial charge in [-0.3, -0.25) is 14.2 Å².